The normalized spacial score (nSPS) is 9.94. The molecule has 0 N–H and O–H groups in total. The van der Waals surface area contributed by atoms with Gasteiger partial charge in [0, 0.05) is 5.56 Å². The van der Waals surface area contributed by atoms with Crippen molar-refractivity contribution in [3.05, 3.63) is 41.5 Å². The second kappa shape index (κ2) is 5.50. The maximum Gasteiger partial charge on any atom is 0.159 e. The molecule has 0 saturated carbocycles. The minimum Gasteiger partial charge on any atom is -0.489 e. The molecule has 0 saturated heterocycles. The first-order valence-electron chi connectivity index (χ1n) is 5.45. The molecule has 0 bridgehead atoms. The van der Waals surface area contributed by atoms with Gasteiger partial charge in [-0.15, -0.1) is 0 Å². The van der Waals surface area contributed by atoms with Gasteiger partial charge >= 0.3 is 0 Å². The number of aryl methyl sites for hydroxylation is 1. The summed E-state index contributed by atoms with van der Waals surface area (Å²) in [5.74, 6) is 0.896. The van der Waals surface area contributed by atoms with Crippen molar-refractivity contribution >= 4 is 5.78 Å². The molecule has 16 heavy (non-hydrogen) atoms. The van der Waals surface area contributed by atoms with Crippen molar-refractivity contribution in [2.45, 2.75) is 27.2 Å². The van der Waals surface area contributed by atoms with Crippen LogP contribution in [0, 0.1) is 6.92 Å². The van der Waals surface area contributed by atoms with Crippen molar-refractivity contribution in [2.24, 2.45) is 0 Å². The SMILES string of the molecule is C=C(CC)COc1ccc(C(C)=O)cc1C. The number of hydrogen-bond donors (Lipinski definition) is 0. The fourth-order valence-electron chi connectivity index (χ4n) is 1.31. The third kappa shape index (κ3) is 3.23. The molecule has 0 aliphatic heterocycles. The van der Waals surface area contributed by atoms with Crippen molar-refractivity contribution in [2.75, 3.05) is 6.61 Å². The number of Topliss-reactive ketones (excluding diaryl/α,β-unsaturated/α-hetero) is 1. The van der Waals surface area contributed by atoms with Crippen molar-refractivity contribution < 1.29 is 9.53 Å². The Morgan fingerprint density at radius 3 is 2.62 bits per heavy atom. The van der Waals surface area contributed by atoms with Crippen LogP contribution in [0.5, 0.6) is 5.75 Å². The molecule has 0 aliphatic rings. The Labute approximate surface area is 96.9 Å². The van der Waals surface area contributed by atoms with Crippen LogP contribution in [0.4, 0.5) is 0 Å². The summed E-state index contributed by atoms with van der Waals surface area (Å²) >= 11 is 0. The second-order valence-electron chi connectivity index (χ2n) is 3.93. The maximum atomic E-state index is 11.2. The number of benzene rings is 1. The van der Waals surface area contributed by atoms with E-state index in [0.29, 0.717) is 6.61 Å². The number of hydrogen-bond acceptors (Lipinski definition) is 2. The molecule has 0 amide bonds. The Hall–Kier alpha value is -1.57. The summed E-state index contributed by atoms with van der Waals surface area (Å²) in [6.07, 6.45) is 0.921. The Morgan fingerprint density at radius 1 is 1.44 bits per heavy atom. The molecule has 1 aromatic carbocycles. The summed E-state index contributed by atoms with van der Waals surface area (Å²) in [4.78, 5) is 11.2. The average molecular weight is 218 g/mol. The van der Waals surface area contributed by atoms with Crippen LogP contribution < -0.4 is 4.74 Å². The van der Waals surface area contributed by atoms with Crippen LogP contribution in [0.1, 0.15) is 36.2 Å². The number of carbonyl (C=O) groups excluding carboxylic acids is 1. The van der Waals surface area contributed by atoms with Crippen molar-refractivity contribution in [3.8, 4) is 5.75 Å². The smallest absolute Gasteiger partial charge is 0.159 e. The summed E-state index contributed by atoms with van der Waals surface area (Å²) < 4.78 is 5.61. The zero-order chi connectivity index (χ0) is 12.1. The van der Waals surface area contributed by atoms with Gasteiger partial charge in [0.1, 0.15) is 12.4 Å². The lowest BCUT2D eigenvalue weighted by Crippen LogP contribution is -2.02. The van der Waals surface area contributed by atoms with Gasteiger partial charge in [-0.1, -0.05) is 13.5 Å². The molecule has 0 fully saturated rings. The fraction of sp³-hybridized carbons (Fsp3) is 0.357. The quantitative estimate of drug-likeness (QED) is 0.558. The molecule has 0 radical (unpaired) electrons. The first-order chi connectivity index (χ1) is 7.54. The highest BCUT2D eigenvalue weighted by atomic mass is 16.5. The Bertz CT molecular complexity index is 405. The van der Waals surface area contributed by atoms with E-state index in [0.717, 1.165) is 28.9 Å². The van der Waals surface area contributed by atoms with Crippen LogP contribution >= 0.6 is 0 Å². The van der Waals surface area contributed by atoms with E-state index >= 15 is 0 Å². The van der Waals surface area contributed by atoms with E-state index in [1.165, 1.54) is 0 Å². The molecule has 1 aromatic rings. The summed E-state index contributed by atoms with van der Waals surface area (Å²) in [7, 11) is 0. The molecule has 86 valence electrons. The van der Waals surface area contributed by atoms with Gasteiger partial charge in [-0.2, -0.15) is 0 Å². The maximum absolute atomic E-state index is 11.2. The van der Waals surface area contributed by atoms with Crippen LogP contribution in [-0.2, 0) is 0 Å². The lowest BCUT2D eigenvalue weighted by molar-refractivity contribution is 0.101. The third-order valence-electron chi connectivity index (χ3n) is 2.51. The van der Waals surface area contributed by atoms with Crippen LogP contribution in [0.3, 0.4) is 0 Å². The first-order valence-corrected chi connectivity index (χ1v) is 5.45. The predicted molar refractivity (Wildman–Crippen MR) is 66.1 cm³/mol. The molecule has 2 nitrogen and oxygen atoms in total. The van der Waals surface area contributed by atoms with E-state index < -0.39 is 0 Å². The molecule has 0 atom stereocenters. The third-order valence-corrected chi connectivity index (χ3v) is 2.51. The molecule has 0 aromatic heterocycles. The summed E-state index contributed by atoms with van der Waals surface area (Å²) in [5, 5.41) is 0. The Morgan fingerprint density at radius 2 is 2.12 bits per heavy atom. The van der Waals surface area contributed by atoms with Crippen molar-refractivity contribution in [1.82, 2.24) is 0 Å². The average Bonchev–Trinajstić information content (AvgIpc) is 2.26. The molecule has 0 unspecified atom stereocenters. The van der Waals surface area contributed by atoms with Crippen LogP contribution in [0.25, 0.3) is 0 Å². The highest BCUT2D eigenvalue weighted by molar-refractivity contribution is 5.94. The van der Waals surface area contributed by atoms with Gasteiger partial charge in [0.25, 0.3) is 0 Å². The van der Waals surface area contributed by atoms with Crippen LogP contribution in [-0.4, -0.2) is 12.4 Å². The standard InChI is InChI=1S/C14H18O2/c1-5-10(2)9-16-14-7-6-13(12(4)15)8-11(14)3/h6-8H,2,5,9H2,1,3-4H3. The molecular formula is C14H18O2. The first kappa shape index (κ1) is 12.5. The molecule has 0 heterocycles. The predicted octanol–water partition coefficient (Wildman–Crippen LogP) is 3.54. The van der Waals surface area contributed by atoms with Gasteiger partial charge in [0.05, 0.1) is 0 Å². The minimum absolute atomic E-state index is 0.0765. The van der Waals surface area contributed by atoms with E-state index in [2.05, 4.69) is 13.5 Å². The molecule has 0 aliphatic carbocycles. The largest absolute Gasteiger partial charge is 0.489 e. The van der Waals surface area contributed by atoms with E-state index in [9.17, 15) is 4.79 Å². The highest BCUT2D eigenvalue weighted by Gasteiger charge is 2.04. The van der Waals surface area contributed by atoms with Gasteiger partial charge in [0.2, 0.25) is 0 Å². The number of carbonyl (C=O) groups is 1. The van der Waals surface area contributed by atoms with Crippen LogP contribution in [0.2, 0.25) is 0 Å². The van der Waals surface area contributed by atoms with Gasteiger partial charge in [-0.3, -0.25) is 4.79 Å². The van der Waals surface area contributed by atoms with E-state index in [1.807, 2.05) is 19.1 Å². The summed E-state index contributed by atoms with van der Waals surface area (Å²) in [5.41, 5.74) is 2.77. The Kier molecular flexibility index (Phi) is 4.29. The van der Waals surface area contributed by atoms with Crippen molar-refractivity contribution in [3.63, 3.8) is 0 Å². The molecule has 2 heteroatoms. The topological polar surface area (TPSA) is 26.3 Å². The number of ketones is 1. The monoisotopic (exact) mass is 218 g/mol. The minimum atomic E-state index is 0.0765. The fourth-order valence-corrected chi connectivity index (χ4v) is 1.31. The van der Waals surface area contributed by atoms with Gasteiger partial charge in [0.15, 0.2) is 5.78 Å². The second-order valence-corrected chi connectivity index (χ2v) is 3.93. The zero-order valence-electron chi connectivity index (χ0n) is 10.2. The lowest BCUT2D eigenvalue weighted by Gasteiger charge is -2.10. The summed E-state index contributed by atoms with van der Waals surface area (Å²) in [6, 6.07) is 5.49. The zero-order valence-corrected chi connectivity index (χ0v) is 10.2. The summed E-state index contributed by atoms with van der Waals surface area (Å²) in [6.45, 7) is 9.98. The number of rotatable bonds is 5. The highest BCUT2D eigenvalue weighted by Crippen LogP contribution is 2.20. The van der Waals surface area contributed by atoms with E-state index in [-0.39, 0.29) is 5.78 Å². The Balaban J connectivity index is 2.75. The van der Waals surface area contributed by atoms with Gasteiger partial charge in [-0.05, 0) is 49.6 Å². The van der Waals surface area contributed by atoms with Gasteiger partial charge in [-0.25, -0.2) is 0 Å². The number of ether oxygens (including phenoxy) is 1. The van der Waals surface area contributed by atoms with Crippen molar-refractivity contribution in [1.29, 1.82) is 0 Å². The van der Waals surface area contributed by atoms with Gasteiger partial charge < -0.3 is 4.74 Å². The lowest BCUT2D eigenvalue weighted by atomic mass is 10.1. The van der Waals surface area contributed by atoms with E-state index in [1.54, 1.807) is 13.0 Å². The molecule has 0 spiro atoms. The van der Waals surface area contributed by atoms with Crippen LogP contribution in [0.15, 0.2) is 30.4 Å². The molecule has 1 rings (SSSR count). The van der Waals surface area contributed by atoms with E-state index in [4.69, 9.17) is 4.74 Å². The molecular weight excluding hydrogens is 200 g/mol.